The average molecular weight is 380 g/mol. The van der Waals surface area contributed by atoms with Crippen molar-refractivity contribution in [1.82, 2.24) is 10.4 Å². The Bertz CT molecular complexity index is 730. The van der Waals surface area contributed by atoms with Gasteiger partial charge in [-0.15, -0.1) is 0 Å². The molecule has 0 aliphatic carbocycles. The van der Waals surface area contributed by atoms with Crippen LogP contribution in [0, 0.1) is 5.41 Å². The lowest BCUT2D eigenvalue weighted by Crippen LogP contribution is -2.51. The maximum Gasteiger partial charge on any atom is 0.356 e. The quantitative estimate of drug-likeness (QED) is 0.616. The molecule has 2 aliphatic rings. The summed E-state index contributed by atoms with van der Waals surface area (Å²) in [5.41, 5.74) is -0.257. The van der Waals surface area contributed by atoms with E-state index in [9.17, 15) is 19.2 Å². The number of hydrogen-bond acceptors (Lipinski definition) is 7. The summed E-state index contributed by atoms with van der Waals surface area (Å²) in [6.07, 6.45) is 0. The second kappa shape index (κ2) is 6.72. The summed E-state index contributed by atoms with van der Waals surface area (Å²) in [5.74, 6) is -1.58. The van der Waals surface area contributed by atoms with Crippen LogP contribution in [0.25, 0.3) is 0 Å². The molecule has 0 saturated carbocycles. The first-order valence-electron chi connectivity index (χ1n) is 7.56. The van der Waals surface area contributed by atoms with Crippen LogP contribution in [-0.2, 0) is 14.4 Å². The highest BCUT2D eigenvalue weighted by Crippen LogP contribution is 2.33. The standard InChI is InChI=1S/C16H16N2O5S2/c1-16(2)8-25-24-7-11(17-15(16)22)14(21)23-18-12(19)9-5-3-4-6-10(9)13(18)20/h3-6,11H,7-8H2,1-2H3,(H,17,22)/t11-/m0/s1. The third-order valence-electron chi connectivity index (χ3n) is 3.88. The summed E-state index contributed by atoms with van der Waals surface area (Å²) in [4.78, 5) is 54.2. The van der Waals surface area contributed by atoms with E-state index in [1.54, 1.807) is 26.0 Å². The SMILES string of the molecule is CC1(C)CSSC[C@@H](C(=O)ON2C(=O)c3ccccc3C2=O)NC1=O. The van der Waals surface area contributed by atoms with Crippen LogP contribution in [-0.4, -0.2) is 46.3 Å². The van der Waals surface area contributed by atoms with E-state index >= 15 is 0 Å². The first-order chi connectivity index (χ1) is 11.8. The Morgan fingerprint density at radius 2 is 1.76 bits per heavy atom. The minimum atomic E-state index is -0.936. The number of nitrogens with zero attached hydrogens (tertiary/aromatic N) is 1. The summed E-state index contributed by atoms with van der Waals surface area (Å²) in [7, 11) is 2.92. The fraction of sp³-hybridized carbons (Fsp3) is 0.375. The Balaban J connectivity index is 1.73. The number of imide groups is 1. The van der Waals surface area contributed by atoms with Crippen LogP contribution in [0.2, 0.25) is 0 Å². The van der Waals surface area contributed by atoms with E-state index in [-0.39, 0.29) is 22.8 Å². The van der Waals surface area contributed by atoms with E-state index < -0.39 is 29.2 Å². The highest BCUT2D eigenvalue weighted by Gasteiger charge is 2.41. The van der Waals surface area contributed by atoms with Crippen molar-refractivity contribution in [3.8, 4) is 0 Å². The molecule has 1 fully saturated rings. The van der Waals surface area contributed by atoms with E-state index in [2.05, 4.69) is 5.32 Å². The third-order valence-corrected chi connectivity index (χ3v) is 6.62. The second-order valence-corrected chi connectivity index (χ2v) is 8.82. The normalized spacial score (nSPS) is 22.7. The highest BCUT2D eigenvalue weighted by atomic mass is 33.1. The molecule has 1 N–H and O–H groups in total. The highest BCUT2D eigenvalue weighted by molar-refractivity contribution is 8.76. The molecule has 2 heterocycles. The molecular weight excluding hydrogens is 364 g/mol. The van der Waals surface area contributed by atoms with Crippen molar-refractivity contribution in [1.29, 1.82) is 0 Å². The molecule has 132 valence electrons. The Morgan fingerprint density at radius 3 is 2.36 bits per heavy atom. The molecule has 25 heavy (non-hydrogen) atoms. The fourth-order valence-corrected chi connectivity index (χ4v) is 5.09. The van der Waals surface area contributed by atoms with Crippen LogP contribution < -0.4 is 5.32 Å². The van der Waals surface area contributed by atoms with Gasteiger partial charge in [0.05, 0.1) is 16.5 Å². The fourth-order valence-electron chi connectivity index (χ4n) is 2.30. The summed E-state index contributed by atoms with van der Waals surface area (Å²) >= 11 is 0. The van der Waals surface area contributed by atoms with Crippen LogP contribution in [0.5, 0.6) is 0 Å². The molecule has 0 unspecified atom stereocenters. The minimum Gasteiger partial charge on any atom is -0.341 e. The van der Waals surface area contributed by atoms with E-state index in [0.717, 1.165) is 0 Å². The Labute approximate surface area is 152 Å². The Kier molecular flexibility index (Phi) is 4.79. The lowest BCUT2D eigenvalue weighted by molar-refractivity contribution is -0.171. The maximum absolute atomic E-state index is 12.4. The predicted octanol–water partition coefficient (Wildman–Crippen LogP) is 1.65. The zero-order valence-electron chi connectivity index (χ0n) is 13.6. The summed E-state index contributed by atoms with van der Waals surface area (Å²) in [5, 5.41) is 3.10. The molecule has 0 radical (unpaired) electrons. The number of rotatable bonds is 2. The summed E-state index contributed by atoms with van der Waals surface area (Å²) in [6, 6.07) is 5.31. The van der Waals surface area contributed by atoms with E-state index in [4.69, 9.17) is 4.84 Å². The van der Waals surface area contributed by atoms with Crippen molar-refractivity contribution >= 4 is 45.3 Å². The molecule has 0 bridgehead atoms. The van der Waals surface area contributed by atoms with Gasteiger partial charge >= 0.3 is 5.97 Å². The van der Waals surface area contributed by atoms with E-state index in [1.807, 2.05) is 0 Å². The van der Waals surface area contributed by atoms with Crippen molar-refractivity contribution < 1.29 is 24.0 Å². The van der Waals surface area contributed by atoms with Gasteiger partial charge in [-0.3, -0.25) is 14.4 Å². The van der Waals surface area contributed by atoms with Gasteiger partial charge in [-0.05, 0) is 12.1 Å². The molecule has 1 atom stereocenters. The smallest absolute Gasteiger partial charge is 0.341 e. The first-order valence-corrected chi connectivity index (χ1v) is 10.0. The number of fused-ring (bicyclic) bond motifs is 1. The van der Waals surface area contributed by atoms with Gasteiger partial charge in [-0.1, -0.05) is 52.6 Å². The van der Waals surface area contributed by atoms with Crippen LogP contribution in [0.15, 0.2) is 24.3 Å². The molecule has 7 nitrogen and oxygen atoms in total. The van der Waals surface area contributed by atoms with Gasteiger partial charge < -0.3 is 10.2 Å². The van der Waals surface area contributed by atoms with Gasteiger partial charge in [0.2, 0.25) is 5.91 Å². The molecule has 3 rings (SSSR count). The molecule has 1 aromatic carbocycles. The number of carbonyl (C=O) groups excluding carboxylic acids is 4. The second-order valence-electron chi connectivity index (χ2n) is 6.32. The monoisotopic (exact) mass is 380 g/mol. The van der Waals surface area contributed by atoms with E-state index in [0.29, 0.717) is 10.8 Å². The summed E-state index contributed by atoms with van der Waals surface area (Å²) < 4.78 is 0. The van der Waals surface area contributed by atoms with Gasteiger partial charge in [-0.25, -0.2) is 4.79 Å². The van der Waals surface area contributed by atoms with Gasteiger partial charge in [-0.2, -0.15) is 0 Å². The Morgan fingerprint density at radius 1 is 1.16 bits per heavy atom. The molecule has 9 heteroatoms. The molecular formula is C16H16N2O5S2. The maximum atomic E-state index is 12.4. The average Bonchev–Trinajstić information content (AvgIpc) is 2.81. The first kappa shape index (κ1) is 17.8. The van der Waals surface area contributed by atoms with E-state index in [1.165, 1.54) is 33.7 Å². The zero-order valence-corrected chi connectivity index (χ0v) is 15.2. The molecule has 3 amide bonds. The van der Waals surface area contributed by atoms with Crippen LogP contribution >= 0.6 is 21.6 Å². The number of nitrogens with one attached hydrogen (secondary N) is 1. The number of hydrogen-bond donors (Lipinski definition) is 1. The van der Waals surface area contributed by atoms with Crippen LogP contribution in [0.3, 0.4) is 0 Å². The van der Waals surface area contributed by atoms with Crippen molar-refractivity contribution in [2.45, 2.75) is 19.9 Å². The molecule has 2 aliphatic heterocycles. The number of carbonyl (C=O) groups is 4. The molecule has 0 aromatic heterocycles. The van der Waals surface area contributed by atoms with Crippen LogP contribution in [0.4, 0.5) is 0 Å². The van der Waals surface area contributed by atoms with Crippen molar-refractivity contribution in [3.63, 3.8) is 0 Å². The third kappa shape index (κ3) is 3.38. The van der Waals surface area contributed by atoms with Crippen molar-refractivity contribution in [3.05, 3.63) is 35.4 Å². The lowest BCUT2D eigenvalue weighted by Gasteiger charge is -2.29. The Hall–Kier alpha value is -2.00. The van der Waals surface area contributed by atoms with Crippen molar-refractivity contribution in [2.24, 2.45) is 5.41 Å². The zero-order chi connectivity index (χ0) is 18.2. The van der Waals surface area contributed by atoms with Gasteiger partial charge in [0.25, 0.3) is 11.8 Å². The van der Waals surface area contributed by atoms with Gasteiger partial charge in [0, 0.05) is 11.5 Å². The lowest BCUT2D eigenvalue weighted by atomic mass is 9.95. The van der Waals surface area contributed by atoms with Gasteiger partial charge in [0.1, 0.15) is 6.04 Å². The van der Waals surface area contributed by atoms with Crippen LogP contribution in [0.1, 0.15) is 34.6 Å². The number of benzene rings is 1. The molecule has 1 saturated heterocycles. The number of amides is 3. The number of hydroxylamine groups is 2. The summed E-state index contributed by atoms with van der Waals surface area (Å²) in [6.45, 7) is 3.57. The molecule has 1 aromatic rings. The van der Waals surface area contributed by atoms with Gasteiger partial charge in [0.15, 0.2) is 0 Å². The van der Waals surface area contributed by atoms with Crippen molar-refractivity contribution in [2.75, 3.05) is 11.5 Å². The largest absolute Gasteiger partial charge is 0.356 e. The topological polar surface area (TPSA) is 92.8 Å². The predicted molar refractivity (Wildman–Crippen MR) is 93.7 cm³/mol. The molecule has 0 spiro atoms. The minimum absolute atomic E-state index is 0.188.